The Morgan fingerprint density at radius 1 is 1.33 bits per heavy atom. The van der Waals surface area contributed by atoms with Gasteiger partial charge in [-0.15, -0.1) is 11.3 Å². The smallest absolute Gasteiger partial charge is 0.237 e. The number of morpholine rings is 1. The van der Waals surface area contributed by atoms with Crippen molar-refractivity contribution in [2.45, 2.75) is 26.4 Å². The third-order valence-corrected chi connectivity index (χ3v) is 6.31. The Bertz CT molecular complexity index is 837. The van der Waals surface area contributed by atoms with Crippen LogP contribution in [-0.4, -0.2) is 66.2 Å². The molecule has 7 nitrogen and oxygen atoms in total. The lowest BCUT2D eigenvalue weighted by Gasteiger charge is -2.36. The van der Waals surface area contributed by atoms with Gasteiger partial charge in [-0.1, -0.05) is 13.8 Å². The minimum absolute atomic E-state index is 0.0997. The van der Waals surface area contributed by atoms with Gasteiger partial charge in [0.15, 0.2) is 5.82 Å². The Morgan fingerprint density at radius 3 is 2.85 bits per heavy atom. The van der Waals surface area contributed by atoms with Gasteiger partial charge in [0.05, 0.1) is 29.5 Å². The average Bonchev–Trinajstić information content (AvgIpc) is 3.03. The Hall–Kier alpha value is -1.48. The fraction of sp³-hybridized carbons (Fsp3) is 0.611. The van der Waals surface area contributed by atoms with Gasteiger partial charge >= 0.3 is 0 Å². The minimum Gasteiger partial charge on any atom is -0.378 e. The molecular weight excluding hydrogens is 386 g/mol. The molecule has 4 heterocycles. The summed E-state index contributed by atoms with van der Waals surface area (Å²) in [5.74, 6) is 1.27. The maximum absolute atomic E-state index is 12.3. The number of anilines is 1. The monoisotopic (exact) mass is 409 g/mol. The SMILES string of the molecule is CC(C)C1C(=O)NCCN1Cc1cc2nc(Cl)nc(N3CCOCC3)c2s1. The van der Waals surface area contributed by atoms with Crippen LogP contribution in [0.25, 0.3) is 10.2 Å². The Kier molecular flexibility index (Phi) is 5.50. The number of piperazine rings is 1. The second kappa shape index (κ2) is 7.87. The van der Waals surface area contributed by atoms with Crippen LogP contribution in [0.2, 0.25) is 5.28 Å². The van der Waals surface area contributed by atoms with E-state index in [0.717, 1.165) is 42.2 Å². The lowest BCUT2D eigenvalue weighted by Crippen LogP contribution is -2.56. The van der Waals surface area contributed by atoms with Crippen LogP contribution in [0.15, 0.2) is 6.07 Å². The highest BCUT2D eigenvalue weighted by Gasteiger charge is 2.32. The molecule has 1 amide bonds. The van der Waals surface area contributed by atoms with E-state index in [0.29, 0.717) is 19.8 Å². The highest BCUT2D eigenvalue weighted by atomic mass is 35.5. The molecule has 2 aromatic rings. The molecule has 2 aromatic heterocycles. The second-order valence-corrected chi connectivity index (χ2v) is 8.77. The summed E-state index contributed by atoms with van der Waals surface area (Å²) in [5, 5.41) is 3.25. The van der Waals surface area contributed by atoms with E-state index in [4.69, 9.17) is 16.3 Å². The lowest BCUT2D eigenvalue weighted by atomic mass is 9.99. The van der Waals surface area contributed by atoms with Crippen LogP contribution < -0.4 is 10.2 Å². The summed E-state index contributed by atoms with van der Waals surface area (Å²) in [7, 11) is 0. The second-order valence-electron chi connectivity index (χ2n) is 7.29. The van der Waals surface area contributed by atoms with Gasteiger partial charge in [0.1, 0.15) is 0 Å². The Morgan fingerprint density at radius 2 is 2.11 bits per heavy atom. The molecule has 2 aliphatic heterocycles. The van der Waals surface area contributed by atoms with Crippen molar-refractivity contribution in [2.75, 3.05) is 44.3 Å². The molecule has 2 fully saturated rings. The number of amides is 1. The number of carbonyl (C=O) groups is 1. The highest BCUT2D eigenvalue weighted by Crippen LogP contribution is 2.34. The molecule has 1 N–H and O–H groups in total. The van der Waals surface area contributed by atoms with Gasteiger partial charge < -0.3 is 15.0 Å². The number of thiophene rings is 1. The van der Waals surface area contributed by atoms with E-state index in [-0.39, 0.29) is 23.2 Å². The maximum atomic E-state index is 12.3. The van der Waals surface area contributed by atoms with Gasteiger partial charge in [-0.3, -0.25) is 9.69 Å². The van der Waals surface area contributed by atoms with E-state index in [1.165, 1.54) is 4.88 Å². The van der Waals surface area contributed by atoms with E-state index >= 15 is 0 Å². The normalized spacial score (nSPS) is 21.9. The van der Waals surface area contributed by atoms with Gasteiger partial charge in [-0.2, -0.15) is 4.98 Å². The van der Waals surface area contributed by atoms with Gasteiger partial charge in [-0.05, 0) is 23.6 Å². The Labute approximate surface area is 167 Å². The number of aromatic nitrogens is 2. The first-order valence-electron chi connectivity index (χ1n) is 9.33. The molecule has 1 atom stereocenters. The fourth-order valence-electron chi connectivity index (χ4n) is 3.84. The third kappa shape index (κ3) is 3.89. The standard InChI is InChI=1S/C18H24ClN5O2S/c1-11(2)14-17(25)20-3-4-24(14)10-12-9-13-15(27-12)16(22-18(19)21-13)23-5-7-26-8-6-23/h9,11,14H,3-8,10H2,1-2H3,(H,20,25). The summed E-state index contributed by atoms with van der Waals surface area (Å²) in [6.07, 6.45) is 0. The summed E-state index contributed by atoms with van der Waals surface area (Å²) >= 11 is 7.88. The highest BCUT2D eigenvalue weighted by molar-refractivity contribution is 7.19. The van der Waals surface area contributed by atoms with Crippen molar-refractivity contribution in [3.8, 4) is 0 Å². The molecule has 2 saturated heterocycles. The van der Waals surface area contributed by atoms with Crippen LogP contribution in [0, 0.1) is 5.92 Å². The summed E-state index contributed by atoms with van der Waals surface area (Å²) in [4.78, 5) is 26.9. The van der Waals surface area contributed by atoms with Crippen LogP contribution in [0.4, 0.5) is 5.82 Å². The third-order valence-electron chi connectivity index (χ3n) is 5.04. The molecule has 1 unspecified atom stereocenters. The molecule has 0 aromatic carbocycles. The van der Waals surface area contributed by atoms with Crippen LogP contribution in [0.5, 0.6) is 0 Å². The number of rotatable bonds is 4. The van der Waals surface area contributed by atoms with Crippen molar-refractivity contribution in [1.29, 1.82) is 0 Å². The molecule has 0 saturated carbocycles. The molecule has 146 valence electrons. The fourth-order valence-corrected chi connectivity index (χ4v) is 5.15. The summed E-state index contributed by atoms with van der Waals surface area (Å²) in [6.45, 7) is 9.46. The molecule has 0 bridgehead atoms. The number of halogens is 1. The lowest BCUT2D eigenvalue weighted by molar-refractivity contribution is -0.131. The van der Waals surface area contributed by atoms with Gasteiger partial charge in [0.25, 0.3) is 0 Å². The number of hydrogen-bond donors (Lipinski definition) is 1. The first-order chi connectivity index (χ1) is 13.0. The van der Waals surface area contributed by atoms with Crippen molar-refractivity contribution in [3.63, 3.8) is 0 Å². The number of carbonyl (C=O) groups excluding carboxylic acids is 1. The molecule has 4 rings (SSSR count). The first-order valence-corrected chi connectivity index (χ1v) is 10.5. The summed E-state index contributed by atoms with van der Waals surface area (Å²) < 4.78 is 6.51. The van der Waals surface area contributed by atoms with E-state index in [2.05, 4.69) is 45.0 Å². The van der Waals surface area contributed by atoms with E-state index in [1.807, 2.05) is 0 Å². The van der Waals surface area contributed by atoms with E-state index < -0.39 is 0 Å². The summed E-state index contributed by atoms with van der Waals surface area (Å²) in [5.41, 5.74) is 0.874. The van der Waals surface area contributed by atoms with Crippen LogP contribution in [-0.2, 0) is 16.1 Å². The first kappa shape index (κ1) is 18.9. The van der Waals surface area contributed by atoms with Crippen LogP contribution >= 0.6 is 22.9 Å². The van der Waals surface area contributed by atoms with E-state index in [1.54, 1.807) is 11.3 Å². The molecule has 9 heteroatoms. The Balaban J connectivity index is 1.64. The van der Waals surface area contributed by atoms with E-state index in [9.17, 15) is 4.79 Å². The van der Waals surface area contributed by atoms with Crippen molar-refractivity contribution in [3.05, 3.63) is 16.2 Å². The topological polar surface area (TPSA) is 70.6 Å². The zero-order valence-electron chi connectivity index (χ0n) is 15.6. The zero-order chi connectivity index (χ0) is 19.0. The number of nitrogens with one attached hydrogen (secondary N) is 1. The van der Waals surface area contributed by atoms with Gasteiger partial charge in [0, 0.05) is 37.6 Å². The van der Waals surface area contributed by atoms with Crippen molar-refractivity contribution in [1.82, 2.24) is 20.2 Å². The van der Waals surface area contributed by atoms with Gasteiger partial charge in [-0.25, -0.2) is 4.98 Å². The van der Waals surface area contributed by atoms with Crippen LogP contribution in [0.3, 0.4) is 0 Å². The molecule has 27 heavy (non-hydrogen) atoms. The van der Waals surface area contributed by atoms with Crippen LogP contribution in [0.1, 0.15) is 18.7 Å². The predicted molar refractivity (Wildman–Crippen MR) is 108 cm³/mol. The predicted octanol–water partition coefficient (Wildman–Crippen LogP) is 2.14. The quantitative estimate of drug-likeness (QED) is 0.780. The van der Waals surface area contributed by atoms with Crippen molar-refractivity contribution >= 4 is 44.9 Å². The number of nitrogens with zero attached hydrogens (tertiary/aromatic N) is 4. The van der Waals surface area contributed by atoms with Crippen molar-refractivity contribution in [2.24, 2.45) is 5.92 Å². The zero-order valence-corrected chi connectivity index (χ0v) is 17.1. The molecule has 2 aliphatic rings. The molecule has 0 aliphatic carbocycles. The number of ether oxygens (including phenoxy) is 1. The largest absolute Gasteiger partial charge is 0.378 e. The molecule has 0 radical (unpaired) electrons. The minimum atomic E-state index is -0.0997. The summed E-state index contributed by atoms with van der Waals surface area (Å²) in [6, 6.07) is 1.99. The number of fused-ring (bicyclic) bond motifs is 1. The number of hydrogen-bond acceptors (Lipinski definition) is 7. The van der Waals surface area contributed by atoms with Gasteiger partial charge in [0.2, 0.25) is 11.2 Å². The molecular formula is C18H24ClN5O2S. The average molecular weight is 410 g/mol. The maximum Gasteiger partial charge on any atom is 0.237 e. The van der Waals surface area contributed by atoms with Crippen molar-refractivity contribution < 1.29 is 9.53 Å². The molecule has 0 spiro atoms.